The zero-order chi connectivity index (χ0) is 23.6. The van der Waals surface area contributed by atoms with Crippen LogP contribution in [-0.2, 0) is 0 Å². The van der Waals surface area contributed by atoms with E-state index >= 15 is 0 Å². The van der Waals surface area contributed by atoms with Crippen molar-refractivity contribution >= 4 is 47.6 Å². The average molecular weight is 478 g/mol. The maximum absolute atomic E-state index is 9.30. The van der Waals surface area contributed by atoms with E-state index in [2.05, 4.69) is 15.2 Å². The topological polar surface area (TPSA) is 150 Å². The fourth-order valence-electron chi connectivity index (χ4n) is 2.67. The minimum Gasteiger partial charge on any atom is -0.508 e. The number of pyridine rings is 1. The highest BCUT2D eigenvalue weighted by Crippen LogP contribution is 2.24. The highest BCUT2D eigenvalue weighted by molar-refractivity contribution is 5.85. The Bertz CT molecular complexity index is 1240. The van der Waals surface area contributed by atoms with E-state index in [1.807, 2.05) is 36.4 Å². The molecule has 174 valence electrons. The maximum Gasteiger partial charge on any atom is 0.153 e. The summed E-state index contributed by atoms with van der Waals surface area (Å²) in [6.07, 6.45) is 3.60. The molecule has 4 aromatic rings. The molecule has 0 radical (unpaired) electrons. The Morgan fingerprint density at radius 2 is 1.26 bits per heavy atom. The van der Waals surface area contributed by atoms with Gasteiger partial charge < -0.3 is 26.8 Å². The third-order valence-electron chi connectivity index (χ3n) is 4.24. The number of phenolic OH excluding ortho intramolecular Hbond substituents is 3. The summed E-state index contributed by atoms with van der Waals surface area (Å²) in [4.78, 5) is 3.89. The van der Waals surface area contributed by atoms with Gasteiger partial charge in [0, 0.05) is 6.07 Å². The van der Waals surface area contributed by atoms with Crippen LogP contribution in [0.25, 0.3) is 12.2 Å². The molecular formula is C25H24ClN5O3. The molecule has 7 N–H and O–H groups in total. The lowest BCUT2D eigenvalue weighted by Gasteiger charge is -1.98. The molecule has 0 bridgehead atoms. The summed E-state index contributed by atoms with van der Waals surface area (Å²) >= 11 is 0. The zero-order valence-electron chi connectivity index (χ0n) is 18.0. The van der Waals surface area contributed by atoms with E-state index in [0.29, 0.717) is 17.1 Å². The molecule has 0 atom stereocenters. The van der Waals surface area contributed by atoms with E-state index < -0.39 is 0 Å². The van der Waals surface area contributed by atoms with Gasteiger partial charge >= 0.3 is 0 Å². The van der Waals surface area contributed by atoms with Gasteiger partial charge in [-0.05, 0) is 59.7 Å². The largest absolute Gasteiger partial charge is 0.508 e. The fraction of sp³-hybridized carbons (Fsp3) is 0. The van der Waals surface area contributed by atoms with E-state index in [9.17, 15) is 10.2 Å². The third-order valence-corrected chi connectivity index (χ3v) is 4.24. The smallest absolute Gasteiger partial charge is 0.153 e. The van der Waals surface area contributed by atoms with Crippen molar-refractivity contribution in [2.24, 2.45) is 10.2 Å². The summed E-state index contributed by atoms with van der Waals surface area (Å²) in [6.45, 7) is 0. The number of hydrogen-bond donors (Lipinski definition) is 5. The highest BCUT2D eigenvalue weighted by atomic mass is 35.5. The lowest BCUT2D eigenvalue weighted by Crippen LogP contribution is -1.95. The van der Waals surface area contributed by atoms with Crippen LogP contribution in [0.3, 0.4) is 0 Å². The van der Waals surface area contributed by atoms with E-state index in [1.54, 1.807) is 54.6 Å². The molecule has 0 fully saturated rings. The summed E-state index contributed by atoms with van der Waals surface area (Å²) in [5, 5.41) is 35.8. The van der Waals surface area contributed by atoms with Crippen molar-refractivity contribution in [1.29, 1.82) is 0 Å². The third kappa shape index (κ3) is 8.18. The van der Waals surface area contributed by atoms with Crippen molar-refractivity contribution in [3.8, 4) is 17.2 Å². The van der Waals surface area contributed by atoms with Crippen LogP contribution < -0.4 is 11.5 Å². The Morgan fingerprint density at radius 1 is 0.647 bits per heavy atom. The number of aromatic hydroxyl groups is 3. The van der Waals surface area contributed by atoms with Gasteiger partial charge in [-0.1, -0.05) is 42.5 Å². The molecule has 0 aliphatic carbocycles. The minimum atomic E-state index is 0. The normalized spacial score (nSPS) is 10.5. The Hall–Kier alpha value is -4.56. The summed E-state index contributed by atoms with van der Waals surface area (Å²) in [7, 11) is 0. The van der Waals surface area contributed by atoms with Crippen LogP contribution in [-0.4, -0.2) is 20.3 Å². The molecule has 9 heteroatoms. The number of aromatic nitrogens is 1. The van der Waals surface area contributed by atoms with Gasteiger partial charge in [-0.2, -0.15) is 5.11 Å². The number of rotatable bonds is 4. The zero-order valence-corrected chi connectivity index (χ0v) is 18.8. The number of anilines is 2. The monoisotopic (exact) mass is 477 g/mol. The Labute approximate surface area is 203 Å². The predicted molar refractivity (Wildman–Crippen MR) is 138 cm³/mol. The molecular weight excluding hydrogens is 454 g/mol. The Morgan fingerprint density at radius 3 is 1.88 bits per heavy atom. The van der Waals surface area contributed by atoms with Crippen molar-refractivity contribution in [1.82, 2.24) is 4.98 Å². The van der Waals surface area contributed by atoms with E-state index in [0.717, 1.165) is 11.3 Å². The lowest BCUT2D eigenvalue weighted by atomic mass is 10.1. The Balaban J connectivity index is 0.000000234. The number of halogens is 1. The molecule has 8 nitrogen and oxygen atoms in total. The van der Waals surface area contributed by atoms with Crippen molar-refractivity contribution in [3.05, 3.63) is 96.1 Å². The molecule has 0 aliphatic rings. The number of nitrogens with two attached hydrogens (primary N) is 2. The molecule has 3 aromatic carbocycles. The van der Waals surface area contributed by atoms with Crippen LogP contribution in [0.4, 0.5) is 23.0 Å². The van der Waals surface area contributed by atoms with Crippen molar-refractivity contribution in [2.45, 2.75) is 0 Å². The maximum atomic E-state index is 9.30. The highest BCUT2D eigenvalue weighted by Gasteiger charge is 1.99. The second-order valence-corrected chi connectivity index (χ2v) is 6.88. The van der Waals surface area contributed by atoms with Crippen LogP contribution in [0, 0.1) is 0 Å². The number of phenols is 3. The second kappa shape index (κ2) is 12.5. The number of benzene rings is 3. The molecule has 1 heterocycles. The molecule has 4 rings (SSSR count). The van der Waals surface area contributed by atoms with Crippen LogP contribution >= 0.6 is 12.4 Å². The van der Waals surface area contributed by atoms with Gasteiger partial charge in [0.25, 0.3) is 0 Å². The van der Waals surface area contributed by atoms with E-state index in [4.69, 9.17) is 16.6 Å². The number of nitrogen functional groups attached to an aromatic ring is 2. The van der Waals surface area contributed by atoms with Gasteiger partial charge in [0.1, 0.15) is 28.8 Å². The quantitative estimate of drug-likeness (QED) is 0.178. The van der Waals surface area contributed by atoms with E-state index in [1.165, 1.54) is 6.07 Å². The van der Waals surface area contributed by atoms with Gasteiger partial charge in [-0.15, -0.1) is 17.5 Å². The average Bonchev–Trinajstić information content (AvgIpc) is 2.79. The molecule has 0 spiro atoms. The standard InChI is InChI=1S/C14H12O3.C11H11N5.ClH/c15-12-5-3-10(4-6-12)1-2-11-7-13(16)9-14(17)8-11;12-10-7-6-9(11(13)14-10)16-15-8-4-2-1-3-5-8;/h1-9,15-17H;1-7H,(H4,12,13,14);1H. The van der Waals surface area contributed by atoms with Gasteiger partial charge in [0.05, 0.1) is 5.69 Å². The SMILES string of the molecule is Cl.Nc1ccc(N=Nc2ccccc2)c(N)n1.Oc1ccc(C=Cc2cc(O)cc(O)c2)cc1. The van der Waals surface area contributed by atoms with Crippen LogP contribution in [0.15, 0.2) is 95.2 Å². The van der Waals surface area contributed by atoms with Crippen LogP contribution in [0.2, 0.25) is 0 Å². The molecule has 34 heavy (non-hydrogen) atoms. The van der Waals surface area contributed by atoms with E-state index in [-0.39, 0.29) is 35.5 Å². The molecule has 0 unspecified atom stereocenters. The number of nitrogens with zero attached hydrogens (tertiary/aromatic N) is 3. The Kier molecular flexibility index (Phi) is 9.43. The summed E-state index contributed by atoms with van der Waals surface area (Å²) in [5.74, 6) is 0.915. The first-order valence-electron chi connectivity index (χ1n) is 9.88. The first-order chi connectivity index (χ1) is 15.9. The molecule has 0 amide bonds. The van der Waals surface area contributed by atoms with Gasteiger partial charge in [-0.25, -0.2) is 4.98 Å². The summed E-state index contributed by atoms with van der Waals surface area (Å²) in [5.41, 5.74) is 14.0. The molecule has 1 aromatic heterocycles. The van der Waals surface area contributed by atoms with Crippen LogP contribution in [0.1, 0.15) is 11.1 Å². The summed E-state index contributed by atoms with van der Waals surface area (Å²) < 4.78 is 0. The molecule has 0 saturated carbocycles. The summed E-state index contributed by atoms with van der Waals surface area (Å²) in [6, 6.07) is 23.8. The van der Waals surface area contributed by atoms with Gasteiger partial charge in [-0.3, -0.25) is 0 Å². The van der Waals surface area contributed by atoms with Crippen LogP contribution in [0.5, 0.6) is 17.2 Å². The minimum absolute atomic E-state index is 0. The predicted octanol–water partition coefficient (Wildman–Crippen LogP) is 6.06. The van der Waals surface area contributed by atoms with Crippen molar-refractivity contribution in [2.75, 3.05) is 11.5 Å². The lowest BCUT2D eigenvalue weighted by molar-refractivity contribution is 0.450. The number of azo groups is 1. The first-order valence-corrected chi connectivity index (χ1v) is 9.88. The first kappa shape index (κ1) is 25.7. The van der Waals surface area contributed by atoms with Gasteiger partial charge in [0.15, 0.2) is 5.82 Å². The van der Waals surface area contributed by atoms with Gasteiger partial charge in [0.2, 0.25) is 0 Å². The fourth-order valence-corrected chi connectivity index (χ4v) is 2.67. The van der Waals surface area contributed by atoms with Crippen molar-refractivity contribution < 1.29 is 15.3 Å². The van der Waals surface area contributed by atoms with Crippen molar-refractivity contribution in [3.63, 3.8) is 0 Å². The second-order valence-electron chi connectivity index (χ2n) is 6.88. The molecule has 0 saturated heterocycles. The molecule has 0 aliphatic heterocycles. The number of hydrogen-bond acceptors (Lipinski definition) is 8.